The smallest absolute Gasteiger partial charge is 0.363 e. The number of hydrogen-bond donors (Lipinski definition) is 1. The number of hydrogen-bond acceptors (Lipinski definition) is 2. The third-order valence-electron chi connectivity index (χ3n) is 2.01. The zero-order chi connectivity index (χ0) is 12.1. The monoisotopic (exact) mass is 242 g/mol. The third kappa shape index (κ3) is 1.78. The molecule has 0 aromatic rings. The third-order valence-corrected chi connectivity index (χ3v) is 2.01. The summed E-state index contributed by atoms with van der Waals surface area (Å²) < 4.78 is 89.8. The number of ether oxygens (including phenoxy) is 1. The lowest BCUT2D eigenvalue weighted by Crippen LogP contribution is -2.63. The van der Waals surface area contributed by atoms with Gasteiger partial charge in [0.25, 0.3) is 0 Å². The van der Waals surface area contributed by atoms with E-state index in [0.717, 1.165) is 0 Å². The molecule has 0 amide bonds. The highest BCUT2D eigenvalue weighted by molar-refractivity contribution is 4.98. The molecule has 90 valence electrons. The van der Waals surface area contributed by atoms with Crippen LogP contribution in [0.25, 0.3) is 0 Å². The fourth-order valence-electron chi connectivity index (χ4n) is 1.09. The van der Waals surface area contributed by atoms with Crippen molar-refractivity contribution in [3.8, 4) is 0 Å². The molecule has 0 radical (unpaired) electrons. The van der Waals surface area contributed by atoms with Gasteiger partial charge in [0.15, 0.2) is 0 Å². The number of halogens is 7. The summed E-state index contributed by atoms with van der Waals surface area (Å²) in [4.78, 5) is 0. The van der Waals surface area contributed by atoms with Gasteiger partial charge in [-0.2, -0.15) is 30.7 Å². The van der Waals surface area contributed by atoms with Crippen LogP contribution in [-0.4, -0.2) is 36.0 Å². The molecule has 0 spiro atoms. The average molecular weight is 242 g/mol. The van der Waals surface area contributed by atoms with E-state index in [1.807, 2.05) is 0 Å². The van der Waals surface area contributed by atoms with Gasteiger partial charge in [-0.1, -0.05) is 0 Å². The second-order valence-electron chi connectivity index (χ2n) is 3.03. The molecule has 9 heteroatoms. The van der Waals surface area contributed by atoms with Crippen molar-refractivity contribution in [1.29, 1.82) is 0 Å². The van der Waals surface area contributed by atoms with Crippen LogP contribution in [0.1, 0.15) is 0 Å². The highest BCUT2D eigenvalue weighted by atomic mass is 19.4. The van der Waals surface area contributed by atoms with Crippen molar-refractivity contribution >= 4 is 0 Å². The summed E-state index contributed by atoms with van der Waals surface area (Å²) in [6.45, 7) is -1.70. The SMILES string of the molecule is OC1OCC(C(F)(F)F)C(F)(F)C1(F)F. The zero-order valence-corrected chi connectivity index (χ0v) is 6.86. The minimum absolute atomic E-state index is 1.70. The van der Waals surface area contributed by atoms with Gasteiger partial charge in [0, 0.05) is 0 Å². The lowest BCUT2D eigenvalue weighted by Gasteiger charge is -2.40. The van der Waals surface area contributed by atoms with Crippen molar-refractivity contribution in [3.63, 3.8) is 0 Å². The van der Waals surface area contributed by atoms with Gasteiger partial charge in [-0.05, 0) is 0 Å². The highest BCUT2D eigenvalue weighted by Gasteiger charge is 2.74. The Morgan fingerprint density at radius 2 is 1.53 bits per heavy atom. The number of aliphatic hydroxyl groups excluding tert-OH is 1. The first-order valence-electron chi connectivity index (χ1n) is 3.63. The second kappa shape index (κ2) is 3.21. The standard InChI is InChI=1S/C6H5F7O2/c7-4(8)2(6(11,12)13)1-15-3(14)5(4,9)10/h2-3,14H,1H2. The molecule has 1 aliphatic heterocycles. The second-order valence-corrected chi connectivity index (χ2v) is 3.03. The number of alkyl halides is 7. The predicted molar refractivity (Wildman–Crippen MR) is 31.4 cm³/mol. The van der Waals surface area contributed by atoms with Gasteiger partial charge in [-0.25, -0.2) is 0 Å². The Bertz CT molecular complexity index is 248. The van der Waals surface area contributed by atoms with Crippen LogP contribution in [0.5, 0.6) is 0 Å². The van der Waals surface area contributed by atoms with E-state index in [2.05, 4.69) is 4.74 Å². The van der Waals surface area contributed by atoms with Crippen molar-refractivity contribution in [2.24, 2.45) is 5.92 Å². The van der Waals surface area contributed by atoms with E-state index in [9.17, 15) is 30.7 Å². The molecule has 0 aromatic carbocycles. The van der Waals surface area contributed by atoms with Gasteiger partial charge < -0.3 is 9.84 Å². The van der Waals surface area contributed by atoms with Crippen LogP contribution < -0.4 is 0 Å². The van der Waals surface area contributed by atoms with Gasteiger partial charge in [0.1, 0.15) is 5.92 Å². The van der Waals surface area contributed by atoms with Crippen LogP contribution in [0.15, 0.2) is 0 Å². The Balaban J connectivity index is 3.06. The van der Waals surface area contributed by atoms with Crippen molar-refractivity contribution in [1.82, 2.24) is 0 Å². The van der Waals surface area contributed by atoms with E-state index in [1.165, 1.54) is 0 Å². The Kier molecular flexibility index (Phi) is 2.67. The van der Waals surface area contributed by atoms with Crippen molar-refractivity contribution in [2.75, 3.05) is 6.61 Å². The lowest BCUT2D eigenvalue weighted by atomic mass is 9.93. The van der Waals surface area contributed by atoms with E-state index in [-0.39, 0.29) is 0 Å². The quantitative estimate of drug-likeness (QED) is 0.656. The molecule has 0 aliphatic carbocycles. The molecule has 1 aliphatic rings. The van der Waals surface area contributed by atoms with Crippen molar-refractivity contribution in [3.05, 3.63) is 0 Å². The molecule has 1 rings (SSSR count). The highest BCUT2D eigenvalue weighted by Crippen LogP contribution is 2.51. The Morgan fingerprint density at radius 1 is 1.07 bits per heavy atom. The molecule has 15 heavy (non-hydrogen) atoms. The minimum atomic E-state index is -5.52. The topological polar surface area (TPSA) is 29.5 Å². The van der Waals surface area contributed by atoms with Crippen LogP contribution in [0.3, 0.4) is 0 Å². The van der Waals surface area contributed by atoms with E-state index in [1.54, 1.807) is 0 Å². The maximum Gasteiger partial charge on any atom is 0.400 e. The van der Waals surface area contributed by atoms with Crippen LogP contribution in [-0.2, 0) is 4.74 Å². The lowest BCUT2D eigenvalue weighted by molar-refractivity contribution is -0.400. The van der Waals surface area contributed by atoms with Crippen molar-refractivity contribution < 1.29 is 40.6 Å². The summed E-state index contributed by atoms with van der Waals surface area (Å²) in [7, 11) is 0. The van der Waals surface area contributed by atoms with Crippen LogP contribution in [0.2, 0.25) is 0 Å². The molecule has 0 aromatic heterocycles. The summed E-state index contributed by atoms with van der Waals surface area (Å²) >= 11 is 0. The first-order chi connectivity index (χ1) is 6.51. The maximum atomic E-state index is 12.7. The van der Waals surface area contributed by atoms with Gasteiger partial charge in [-0.15, -0.1) is 0 Å². The van der Waals surface area contributed by atoms with Gasteiger partial charge in [0.2, 0.25) is 6.29 Å². The predicted octanol–water partition coefficient (Wildman–Crippen LogP) is 1.78. The molecular weight excluding hydrogens is 237 g/mol. The fraction of sp³-hybridized carbons (Fsp3) is 1.00. The molecule has 0 saturated carbocycles. The van der Waals surface area contributed by atoms with Crippen LogP contribution in [0.4, 0.5) is 30.7 Å². The summed E-state index contributed by atoms with van der Waals surface area (Å²) in [6, 6.07) is 0. The van der Waals surface area contributed by atoms with E-state index in [4.69, 9.17) is 5.11 Å². The zero-order valence-electron chi connectivity index (χ0n) is 6.86. The first kappa shape index (κ1) is 12.5. The summed E-state index contributed by atoms with van der Waals surface area (Å²) in [5.41, 5.74) is 0. The Labute approximate surface area is 78.6 Å². The summed E-state index contributed by atoms with van der Waals surface area (Å²) in [5.74, 6) is -14.3. The van der Waals surface area contributed by atoms with E-state index >= 15 is 0 Å². The molecule has 1 heterocycles. The minimum Gasteiger partial charge on any atom is -0.363 e. The Morgan fingerprint density at radius 3 is 1.93 bits per heavy atom. The molecule has 1 saturated heterocycles. The first-order valence-corrected chi connectivity index (χ1v) is 3.63. The molecule has 2 atom stereocenters. The number of aliphatic hydroxyl groups is 1. The van der Waals surface area contributed by atoms with Gasteiger partial charge in [-0.3, -0.25) is 0 Å². The normalized spacial score (nSPS) is 35.2. The van der Waals surface area contributed by atoms with E-state index in [0.29, 0.717) is 0 Å². The molecule has 2 nitrogen and oxygen atoms in total. The largest absolute Gasteiger partial charge is 0.400 e. The molecule has 0 bridgehead atoms. The number of rotatable bonds is 0. The van der Waals surface area contributed by atoms with Gasteiger partial charge >= 0.3 is 18.0 Å². The maximum absolute atomic E-state index is 12.7. The Hall–Kier alpha value is -0.570. The van der Waals surface area contributed by atoms with Crippen molar-refractivity contribution in [2.45, 2.75) is 24.3 Å². The molecular formula is C6H5F7O2. The fourth-order valence-corrected chi connectivity index (χ4v) is 1.09. The summed E-state index contributed by atoms with van der Waals surface area (Å²) in [6.07, 6.45) is -8.75. The molecule has 1 N–H and O–H groups in total. The van der Waals surface area contributed by atoms with E-state index < -0.39 is 36.8 Å². The van der Waals surface area contributed by atoms with Crippen LogP contribution >= 0.6 is 0 Å². The summed E-state index contributed by atoms with van der Waals surface area (Å²) in [5, 5.41) is 8.34. The molecule has 1 fully saturated rings. The van der Waals surface area contributed by atoms with Gasteiger partial charge in [0.05, 0.1) is 6.61 Å². The molecule has 2 unspecified atom stereocenters. The van der Waals surface area contributed by atoms with Crippen LogP contribution in [0, 0.1) is 5.92 Å². The average Bonchev–Trinajstić information content (AvgIpc) is 1.98.